The molecule has 1 aromatic carbocycles. The summed E-state index contributed by atoms with van der Waals surface area (Å²) in [6.45, 7) is 5.98. The second-order valence-electron chi connectivity index (χ2n) is 4.20. The van der Waals surface area contributed by atoms with Gasteiger partial charge in [-0.15, -0.1) is 0 Å². The van der Waals surface area contributed by atoms with Crippen LogP contribution in [0.2, 0.25) is 0 Å². The molecule has 0 amide bonds. The maximum absolute atomic E-state index is 14.0. The Kier molecular flexibility index (Phi) is 4.34. The Labute approximate surface area is 112 Å². The Morgan fingerprint density at radius 1 is 1.47 bits per heavy atom. The van der Waals surface area contributed by atoms with Crippen LogP contribution < -0.4 is 4.74 Å². The second kappa shape index (κ2) is 6.18. The van der Waals surface area contributed by atoms with Gasteiger partial charge in [0.15, 0.2) is 0 Å². The van der Waals surface area contributed by atoms with E-state index in [1.54, 1.807) is 18.2 Å². The highest BCUT2D eigenvalue weighted by Crippen LogP contribution is 2.25. The van der Waals surface area contributed by atoms with Crippen molar-refractivity contribution in [1.82, 2.24) is 10.2 Å². The number of benzene rings is 1. The molecule has 2 rings (SSSR count). The van der Waals surface area contributed by atoms with E-state index in [2.05, 4.69) is 16.8 Å². The molecule has 0 aliphatic rings. The zero-order valence-corrected chi connectivity index (χ0v) is 10.9. The predicted octanol–water partition coefficient (Wildman–Crippen LogP) is 3.27. The summed E-state index contributed by atoms with van der Waals surface area (Å²) < 4.78 is 19.5. The molecule has 2 aromatic rings. The van der Waals surface area contributed by atoms with E-state index in [0.717, 1.165) is 17.7 Å². The minimum atomic E-state index is -0.259. The summed E-state index contributed by atoms with van der Waals surface area (Å²) in [7, 11) is 0. The molecule has 1 N–H and O–H groups in total. The number of nitrogens with one attached hydrogen (secondary N) is 1. The third-order valence-corrected chi connectivity index (χ3v) is 2.94. The molecule has 0 aliphatic carbocycles. The number of ether oxygens (including phenoxy) is 1. The molecule has 0 atom stereocenters. The summed E-state index contributed by atoms with van der Waals surface area (Å²) in [5.41, 5.74) is 2.51. The van der Waals surface area contributed by atoms with Crippen molar-refractivity contribution >= 4 is 0 Å². The van der Waals surface area contributed by atoms with E-state index in [4.69, 9.17) is 4.74 Å². The summed E-state index contributed by atoms with van der Waals surface area (Å²) >= 11 is 0. The third-order valence-electron chi connectivity index (χ3n) is 2.94. The van der Waals surface area contributed by atoms with Crippen molar-refractivity contribution in [1.29, 1.82) is 0 Å². The predicted molar refractivity (Wildman–Crippen MR) is 72.9 cm³/mol. The Bertz CT molecular complexity index is 563. The molecular weight excluding hydrogens is 243 g/mol. The van der Waals surface area contributed by atoms with Crippen molar-refractivity contribution < 1.29 is 9.13 Å². The van der Waals surface area contributed by atoms with Crippen LogP contribution in [0.4, 0.5) is 4.39 Å². The number of aryl methyl sites for hydroxylation is 1. The van der Waals surface area contributed by atoms with Crippen LogP contribution in [-0.2, 0) is 12.8 Å². The lowest BCUT2D eigenvalue weighted by atomic mass is 10.0. The van der Waals surface area contributed by atoms with Gasteiger partial charge in [-0.1, -0.05) is 25.6 Å². The summed E-state index contributed by atoms with van der Waals surface area (Å²) in [4.78, 5) is 0. The van der Waals surface area contributed by atoms with E-state index in [9.17, 15) is 4.39 Å². The fourth-order valence-corrected chi connectivity index (χ4v) is 1.99. The molecule has 4 heteroatoms. The first kappa shape index (κ1) is 13.3. The van der Waals surface area contributed by atoms with Gasteiger partial charge in [-0.05, 0) is 24.1 Å². The van der Waals surface area contributed by atoms with Crippen LogP contribution in [0.5, 0.6) is 5.75 Å². The van der Waals surface area contributed by atoms with Gasteiger partial charge in [0, 0.05) is 18.2 Å². The van der Waals surface area contributed by atoms with E-state index >= 15 is 0 Å². The molecule has 0 saturated carbocycles. The van der Waals surface area contributed by atoms with Gasteiger partial charge < -0.3 is 4.74 Å². The molecule has 1 heterocycles. The molecule has 3 nitrogen and oxygen atoms in total. The quantitative estimate of drug-likeness (QED) is 0.809. The van der Waals surface area contributed by atoms with Gasteiger partial charge in [-0.3, -0.25) is 5.10 Å². The van der Waals surface area contributed by atoms with Gasteiger partial charge in [-0.2, -0.15) is 5.10 Å². The number of rotatable bonds is 6. The lowest BCUT2D eigenvalue weighted by Gasteiger charge is -2.11. The van der Waals surface area contributed by atoms with Crippen LogP contribution in [0, 0.1) is 5.82 Å². The van der Waals surface area contributed by atoms with Crippen molar-refractivity contribution in [3.05, 3.63) is 59.7 Å². The molecule has 0 radical (unpaired) electrons. The average molecular weight is 260 g/mol. The van der Waals surface area contributed by atoms with E-state index in [-0.39, 0.29) is 5.82 Å². The fraction of sp³-hybridized carbons (Fsp3) is 0.267. The van der Waals surface area contributed by atoms with Gasteiger partial charge in [0.2, 0.25) is 0 Å². The van der Waals surface area contributed by atoms with Gasteiger partial charge in [-0.25, -0.2) is 4.39 Å². The fourth-order valence-electron chi connectivity index (χ4n) is 1.99. The Morgan fingerprint density at radius 3 is 3.05 bits per heavy atom. The lowest BCUT2D eigenvalue weighted by Crippen LogP contribution is -2.01. The molecular formula is C15H17FN2O. The topological polar surface area (TPSA) is 37.9 Å². The number of aromatic nitrogens is 2. The van der Waals surface area contributed by atoms with Crippen molar-refractivity contribution in [3.63, 3.8) is 0 Å². The van der Waals surface area contributed by atoms with Gasteiger partial charge >= 0.3 is 0 Å². The summed E-state index contributed by atoms with van der Waals surface area (Å²) in [5, 5.41) is 6.97. The number of hydrogen-bond acceptors (Lipinski definition) is 2. The zero-order valence-electron chi connectivity index (χ0n) is 10.9. The van der Waals surface area contributed by atoms with Crippen molar-refractivity contribution in [2.24, 2.45) is 0 Å². The number of aromatic amines is 1. The number of H-pyrrole nitrogens is 1. The maximum atomic E-state index is 14.0. The number of nitrogens with zero attached hydrogens (tertiary/aromatic N) is 1. The zero-order chi connectivity index (χ0) is 13.7. The van der Waals surface area contributed by atoms with Crippen LogP contribution in [-0.4, -0.2) is 16.8 Å². The molecule has 1 aromatic heterocycles. The van der Waals surface area contributed by atoms with E-state index < -0.39 is 0 Å². The lowest BCUT2D eigenvalue weighted by molar-refractivity contribution is 0.356. The molecule has 100 valence electrons. The first-order valence-electron chi connectivity index (χ1n) is 6.28. The van der Waals surface area contributed by atoms with Gasteiger partial charge in [0.05, 0.1) is 5.69 Å². The summed E-state index contributed by atoms with van der Waals surface area (Å²) in [6, 6.07) is 4.86. The summed E-state index contributed by atoms with van der Waals surface area (Å²) in [5.74, 6) is 0.299. The highest BCUT2D eigenvalue weighted by Gasteiger charge is 2.13. The van der Waals surface area contributed by atoms with Gasteiger partial charge in [0.25, 0.3) is 0 Å². The van der Waals surface area contributed by atoms with Crippen LogP contribution in [0.25, 0.3) is 0 Å². The largest absolute Gasteiger partial charge is 0.489 e. The average Bonchev–Trinajstić information content (AvgIpc) is 2.86. The monoisotopic (exact) mass is 260 g/mol. The second-order valence-corrected chi connectivity index (χ2v) is 4.20. The maximum Gasteiger partial charge on any atom is 0.130 e. The Morgan fingerprint density at radius 2 is 2.32 bits per heavy atom. The van der Waals surface area contributed by atoms with Crippen LogP contribution in [0.15, 0.2) is 37.1 Å². The summed E-state index contributed by atoms with van der Waals surface area (Å²) in [6.07, 6.45) is 4.74. The third kappa shape index (κ3) is 3.02. The molecule has 0 saturated heterocycles. The first-order chi connectivity index (χ1) is 9.26. The minimum absolute atomic E-state index is 0.259. The van der Waals surface area contributed by atoms with E-state index in [1.165, 1.54) is 6.07 Å². The van der Waals surface area contributed by atoms with Crippen molar-refractivity contribution in [3.8, 4) is 5.75 Å². The van der Waals surface area contributed by atoms with Crippen LogP contribution in [0.1, 0.15) is 23.7 Å². The highest BCUT2D eigenvalue weighted by atomic mass is 19.1. The Balaban J connectivity index is 2.30. The smallest absolute Gasteiger partial charge is 0.130 e. The first-order valence-corrected chi connectivity index (χ1v) is 6.28. The Hall–Kier alpha value is -2.10. The van der Waals surface area contributed by atoms with Crippen molar-refractivity contribution in [2.75, 3.05) is 6.61 Å². The van der Waals surface area contributed by atoms with Crippen molar-refractivity contribution in [2.45, 2.75) is 19.8 Å². The van der Waals surface area contributed by atoms with Crippen LogP contribution >= 0.6 is 0 Å². The highest BCUT2D eigenvalue weighted by molar-refractivity contribution is 5.39. The molecule has 0 unspecified atom stereocenters. The van der Waals surface area contributed by atoms with Crippen LogP contribution in [0.3, 0.4) is 0 Å². The minimum Gasteiger partial charge on any atom is -0.489 e. The van der Waals surface area contributed by atoms with E-state index in [1.807, 2.05) is 13.1 Å². The molecule has 0 spiro atoms. The standard InChI is InChI=1S/C15H17FN2O/c1-3-8-19-15-7-5-6-13(16)12(15)9-11-10-17-18-14(11)4-2/h3,5-7,10H,1,4,8-9H2,2H3,(H,17,18). The molecule has 0 fully saturated rings. The molecule has 0 aliphatic heterocycles. The number of hydrogen-bond donors (Lipinski definition) is 1. The molecule has 0 bridgehead atoms. The molecule has 19 heavy (non-hydrogen) atoms. The van der Waals surface area contributed by atoms with Gasteiger partial charge in [0.1, 0.15) is 18.2 Å². The normalized spacial score (nSPS) is 10.4. The number of halogens is 1. The SMILES string of the molecule is C=CCOc1cccc(F)c1Cc1c[nH]nc1CC. The van der Waals surface area contributed by atoms with E-state index in [0.29, 0.717) is 24.3 Å².